The van der Waals surface area contributed by atoms with Gasteiger partial charge in [0.2, 0.25) is 5.91 Å². The smallest absolute Gasteiger partial charge is 0.338 e. The van der Waals surface area contributed by atoms with Crippen molar-refractivity contribution in [2.45, 2.75) is 59.3 Å². The molecular weight excluding hydrogens is 452 g/mol. The van der Waals surface area contributed by atoms with Gasteiger partial charge in [-0.1, -0.05) is 13.8 Å². The lowest BCUT2D eigenvalue weighted by Gasteiger charge is -2.53. The maximum absolute atomic E-state index is 13.0. The number of anilines is 1. The van der Waals surface area contributed by atoms with Gasteiger partial charge in [0.05, 0.1) is 11.1 Å². The molecule has 1 heterocycles. The highest BCUT2D eigenvalue weighted by atomic mass is 16.6. The van der Waals surface area contributed by atoms with Gasteiger partial charge in [0.15, 0.2) is 6.23 Å². The van der Waals surface area contributed by atoms with Crippen molar-refractivity contribution in [2.24, 2.45) is 5.41 Å². The molecule has 0 spiro atoms. The van der Waals surface area contributed by atoms with E-state index < -0.39 is 35.2 Å². The molecule has 186 valence electrons. The van der Waals surface area contributed by atoms with Crippen LogP contribution in [0.15, 0.2) is 48.5 Å². The fourth-order valence-corrected chi connectivity index (χ4v) is 3.91. The van der Waals surface area contributed by atoms with E-state index in [1.54, 1.807) is 45.0 Å². The molecule has 1 unspecified atom stereocenters. The zero-order valence-electron chi connectivity index (χ0n) is 20.5. The van der Waals surface area contributed by atoms with Gasteiger partial charge in [0.1, 0.15) is 16.8 Å². The van der Waals surface area contributed by atoms with Crippen LogP contribution in [0.5, 0.6) is 5.75 Å². The average Bonchev–Trinajstić information content (AvgIpc) is 2.79. The van der Waals surface area contributed by atoms with Crippen LogP contribution < -0.4 is 10.1 Å². The zero-order valence-corrected chi connectivity index (χ0v) is 20.5. The third kappa shape index (κ3) is 5.29. The number of benzene rings is 2. The lowest BCUT2D eigenvalue weighted by atomic mass is 9.72. The van der Waals surface area contributed by atoms with Crippen LogP contribution in [0.25, 0.3) is 0 Å². The molecule has 2 aromatic carbocycles. The number of imide groups is 1. The van der Waals surface area contributed by atoms with Crippen molar-refractivity contribution in [1.29, 1.82) is 0 Å². The predicted octanol–water partition coefficient (Wildman–Crippen LogP) is 4.93. The van der Waals surface area contributed by atoms with E-state index in [0.717, 1.165) is 4.90 Å². The van der Waals surface area contributed by atoms with Crippen LogP contribution in [-0.2, 0) is 9.53 Å². The Hall–Kier alpha value is -3.88. The number of β-lactam (4-membered cyclic amide) rings is 1. The quantitative estimate of drug-likeness (QED) is 0.424. The van der Waals surface area contributed by atoms with Crippen LogP contribution in [0.4, 0.5) is 10.5 Å². The van der Waals surface area contributed by atoms with Gasteiger partial charge < -0.3 is 19.9 Å². The summed E-state index contributed by atoms with van der Waals surface area (Å²) in [6, 6.07) is 11.3. The number of carbonyl (C=O) groups is 4. The number of carboxylic acids is 1. The van der Waals surface area contributed by atoms with Crippen molar-refractivity contribution in [3.8, 4) is 5.75 Å². The minimum absolute atomic E-state index is 0.0787. The second kappa shape index (κ2) is 9.77. The summed E-state index contributed by atoms with van der Waals surface area (Å²) >= 11 is 0. The average molecular weight is 483 g/mol. The van der Waals surface area contributed by atoms with Gasteiger partial charge in [0, 0.05) is 5.69 Å². The van der Waals surface area contributed by atoms with E-state index >= 15 is 0 Å². The molecule has 0 saturated carbocycles. The largest absolute Gasteiger partial charge is 0.478 e. The zero-order chi connectivity index (χ0) is 26.0. The molecule has 2 aromatic rings. The summed E-state index contributed by atoms with van der Waals surface area (Å²) in [6.07, 6.45) is 0.0934. The first-order chi connectivity index (χ1) is 16.4. The Morgan fingerprint density at radius 3 is 2.00 bits per heavy atom. The number of ether oxygens (including phenoxy) is 2. The van der Waals surface area contributed by atoms with Gasteiger partial charge in [-0.3, -0.25) is 4.79 Å². The Balaban J connectivity index is 1.78. The van der Waals surface area contributed by atoms with E-state index in [1.807, 2.05) is 13.8 Å². The molecule has 1 aliphatic rings. The number of carboxylic acid groups (broad SMARTS) is 1. The van der Waals surface area contributed by atoms with Gasteiger partial charge in [-0.05, 0) is 82.1 Å². The van der Waals surface area contributed by atoms with Crippen molar-refractivity contribution in [3.63, 3.8) is 0 Å². The van der Waals surface area contributed by atoms with E-state index in [1.165, 1.54) is 24.3 Å². The topological polar surface area (TPSA) is 122 Å². The lowest BCUT2D eigenvalue weighted by molar-refractivity contribution is -0.190. The van der Waals surface area contributed by atoms with Gasteiger partial charge in [-0.2, -0.15) is 0 Å². The molecule has 1 aliphatic heterocycles. The number of esters is 1. The van der Waals surface area contributed by atoms with Crippen LogP contribution in [-0.4, -0.2) is 45.7 Å². The maximum atomic E-state index is 13.0. The Labute approximate surface area is 204 Å². The van der Waals surface area contributed by atoms with E-state index in [-0.39, 0.29) is 11.5 Å². The van der Waals surface area contributed by atoms with E-state index in [4.69, 9.17) is 14.6 Å². The van der Waals surface area contributed by atoms with Crippen molar-refractivity contribution < 1.29 is 33.8 Å². The van der Waals surface area contributed by atoms with Crippen molar-refractivity contribution in [3.05, 3.63) is 59.7 Å². The molecule has 2 N–H and O–H groups in total. The fourth-order valence-electron chi connectivity index (χ4n) is 3.91. The first kappa shape index (κ1) is 25.7. The molecule has 0 aromatic heterocycles. The summed E-state index contributed by atoms with van der Waals surface area (Å²) in [4.78, 5) is 50.3. The summed E-state index contributed by atoms with van der Waals surface area (Å²) in [6.45, 7) is 9.08. The predicted molar refractivity (Wildman–Crippen MR) is 128 cm³/mol. The molecule has 0 aliphatic carbocycles. The number of hydrogen-bond donors (Lipinski definition) is 2. The summed E-state index contributed by atoms with van der Waals surface area (Å²) < 4.78 is 11.5. The normalized spacial score (nSPS) is 16.8. The molecular formula is C26H30N2O7. The molecule has 0 bridgehead atoms. The van der Waals surface area contributed by atoms with Crippen molar-refractivity contribution in [2.75, 3.05) is 5.32 Å². The highest BCUT2D eigenvalue weighted by molar-refractivity contribution is 6.08. The Morgan fingerprint density at radius 2 is 1.51 bits per heavy atom. The molecule has 35 heavy (non-hydrogen) atoms. The molecule has 1 fully saturated rings. The summed E-state index contributed by atoms with van der Waals surface area (Å²) in [5.41, 5.74) is -0.710. The van der Waals surface area contributed by atoms with Crippen LogP contribution >= 0.6 is 0 Å². The van der Waals surface area contributed by atoms with E-state index in [9.17, 15) is 19.2 Å². The lowest BCUT2D eigenvalue weighted by Crippen LogP contribution is -2.73. The van der Waals surface area contributed by atoms with Gasteiger partial charge in [-0.15, -0.1) is 0 Å². The number of hydrogen-bond acceptors (Lipinski definition) is 6. The molecule has 1 atom stereocenters. The first-order valence-electron chi connectivity index (χ1n) is 11.4. The molecule has 3 rings (SSSR count). The van der Waals surface area contributed by atoms with Crippen molar-refractivity contribution >= 4 is 29.6 Å². The number of nitrogens with zero attached hydrogens (tertiary/aromatic N) is 1. The molecule has 9 heteroatoms. The fraction of sp³-hybridized carbons (Fsp3) is 0.385. The number of rotatable bonds is 7. The summed E-state index contributed by atoms with van der Waals surface area (Å²) in [5.74, 6) is -1.50. The second-order valence-corrected chi connectivity index (χ2v) is 9.35. The number of carbonyl (C=O) groups excluding carboxylic acids is 3. The number of urea groups is 1. The highest BCUT2D eigenvalue weighted by Crippen LogP contribution is 2.46. The van der Waals surface area contributed by atoms with Gasteiger partial charge in [0.25, 0.3) is 0 Å². The minimum atomic E-state index is -1.08. The van der Waals surface area contributed by atoms with Gasteiger partial charge in [-0.25, -0.2) is 19.3 Å². The number of aromatic carboxylic acids is 1. The van der Waals surface area contributed by atoms with Crippen molar-refractivity contribution in [1.82, 2.24) is 4.90 Å². The summed E-state index contributed by atoms with van der Waals surface area (Å²) in [7, 11) is 0. The molecule has 0 radical (unpaired) electrons. The summed E-state index contributed by atoms with van der Waals surface area (Å²) in [5, 5.41) is 11.6. The molecule has 9 nitrogen and oxygen atoms in total. The third-order valence-corrected chi connectivity index (χ3v) is 5.95. The molecule has 3 amide bonds. The van der Waals surface area contributed by atoms with Crippen LogP contribution in [0.1, 0.15) is 68.2 Å². The number of nitrogens with one attached hydrogen (secondary N) is 1. The SMILES string of the molecule is CCC1(CC)C(=O)N(C(=O)Nc2ccc(C(=O)O)cc2)C1Oc1ccc(C(=O)OC(C)(C)C)cc1. The Bertz CT molecular complexity index is 1110. The monoisotopic (exact) mass is 482 g/mol. The second-order valence-electron chi connectivity index (χ2n) is 9.35. The standard InChI is InChI=1S/C26H30N2O7/c1-6-26(7-2)22(32)28(24(33)27-18-12-8-16(9-13-18)20(29)30)23(26)34-19-14-10-17(11-15-19)21(31)35-25(3,4)5/h8-15,23H,6-7H2,1-5H3,(H,27,33)(H,29,30). The highest BCUT2D eigenvalue weighted by Gasteiger charge is 2.63. The first-order valence-corrected chi connectivity index (χ1v) is 11.4. The van der Waals surface area contributed by atoms with E-state index in [0.29, 0.717) is 29.8 Å². The van der Waals surface area contributed by atoms with Crippen LogP contribution in [0.3, 0.4) is 0 Å². The maximum Gasteiger partial charge on any atom is 0.338 e. The number of likely N-dealkylation sites (tertiary alicyclic amines) is 1. The minimum Gasteiger partial charge on any atom is -0.478 e. The van der Waals surface area contributed by atoms with E-state index in [2.05, 4.69) is 5.32 Å². The molecule has 1 saturated heterocycles. The number of amides is 3. The Kier molecular flexibility index (Phi) is 7.19. The van der Waals surface area contributed by atoms with Crippen LogP contribution in [0, 0.1) is 5.41 Å². The third-order valence-electron chi connectivity index (χ3n) is 5.95. The van der Waals surface area contributed by atoms with Gasteiger partial charge >= 0.3 is 18.0 Å². The Morgan fingerprint density at radius 1 is 0.971 bits per heavy atom. The van der Waals surface area contributed by atoms with Crippen LogP contribution in [0.2, 0.25) is 0 Å².